The summed E-state index contributed by atoms with van der Waals surface area (Å²) in [5, 5.41) is 3.63. The first-order chi connectivity index (χ1) is 8.24. The number of anilines is 2. The Balaban J connectivity index is 1.72. The molecule has 1 saturated carbocycles. The van der Waals surface area contributed by atoms with E-state index in [9.17, 15) is 0 Å². The Kier molecular flexibility index (Phi) is 2.71. The van der Waals surface area contributed by atoms with Crippen LogP contribution in [0.4, 0.5) is 11.4 Å². The van der Waals surface area contributed by atoms with Gasteiger partial charge in [0, 0.05) is 18.0 Å². The van der Waals surface area contributed by atoms with Crippen LogP contribution in [-0.2, 0) is 4.74 Å². The number of ether oxygens (including phenoxy) is 1. The van der Waals surface area contributed by atoms with Gasteiger partial charge in [-0.2, -0.15) is 0 Å². The number of rotatable bonds is 3. The van der Waals surface area contributed by atoms with Crippen molar-refractivity contribution in [3.63, 3.8) is 0 Å². The van der Waals surface area contributed by atoms with Crippen LogP contribution in [0.1, 0.15) is 24.8 Å². The van der Waals surface area contributed by atoms with Gasteiger partial charge in [0.05, 0.1) is 12.1 Å². The fourth-order valence-electron chi connectivity index (χ4n) is 2.70. The van der Waals surface area contributed by atoms with Gasteiger partial charge in [0.25, 0.3) is 0 Å². The lowest BCUT2D eigenvalue weighted by atomic mass is 10.0. The molecule has 3 rings (SSSR count). The predicted molar refractivity (Wildman–Crippen MR) is 70.1 cm³/mol. The molecule has 1 aromatic rings. The zero-order valence-electron chi connectivity index (χ0n) is 10.3. The van der Waals surface area contributed by atoms with Gasteiger partial charge in [0.2, 0.25) is 0 Å². The van der Waals surface area contributed by atoms with E-state index in [0.717, 1.165) is 24.6 Å². The average molecular weight is 232 g/mol. The molecule has 2 aliphatic rings. The van der Waals surface area contributed by atoms with Crippen LogP contribution in [0.5, 0.6) is 0 Å². The molecule has 2 unspecified atom stereocenters. The summed E-state index contributed by atoms with van der Waals surface area (Å²) in [6, 6.07) is 6.53. The Morgan fingerprint density at radius 1 is 1.29 bits per heavy atom. The summed E-state index contributed by atoms with van der Waals surface area (Å²) < 4.78 is 5.84. The summed E-state index contributed by atoms with van der Waals surface area (Å²) in [7, 11) is 0. The van der Waals surface area contributed by atoms with Crippen LogP contribution in [0.3, 0.4) is 0 Å². The molecule has 0 spiro atoms. The van der Waals surface area contributed by atoms with Crippen molar-refractivity contribution in [3.05, 3.63) is 23.8 Å². The summed E-state index contributed by atoms with van der Waals surface area (Å²) in [5.74, 6) is 0.795. The molecule has 1 heterocycles. The lowest BCUT2D eigenvalue weighted by molar-refractivity contribution is 0.0898. The molecule has 17 heavy (non-hydrogen) atoms. The third-order valence-electron chi connectivity index (χ3n) is 3.81. The molecule has 0 amide bonds. The number of nitrogens with two attached hydrogens (primary N) is 1. The van der Waals surface area contributed by atoms with Crippen molar-refractivity contribution in [1.82, 2.24) is 0 Å². The van der Waals surface area contributed by atoms with Crippen molar-refractivity contribution >= 4 is 11.4 Å². The first-order valence-corrected chi connectivity index (χ1v) is 6.48. The molecule has 1 aliphatic carbocycles. The van der Waals surface area contributed by atoms with Gasteiger partial charge in [0.15, 0.2) is 0 Å². The second kappa shape index (κ2) is 4.22. The highest BCUT2D eigenvalue weighted by atomic mass is 16.5. The van der Waals surface area contributed by atoms with Crippen LogP contribution in [0, 0.1) is 12.8 Å². The molecule has 0 radical (unpaired) electrons. The SMILES string of the molecule is Cc1cc(N)ccc1NC1CCOC1C1CC1. The molecule has 1 aromatic carbocycles. The Hall–Kier alpha value is -1.22. The second-order valence-electron chi connectivity index (χ2n) is 5.29. The average Bonchev–Trinajstić information content (AvgIpc) is 3.03. The highest BCUT2D eigenvalue weighted by Crippen LogP contribution is 2.39. The largest absolute Gasteiger partial charge is 0.399 e. The van der Waals surface area contributed by atoms with Crippen LogP contribution in [0.15, 0.2) is 18.2 Å². The minimum absolute atomic E-state index is 0.423. The fourth-order valence-corrected chi connectivity index (χ4v) is 2.70. The summed E-state index contributed by atoms with van der Waals surface area (Å²) in [5.41, 5.74) is 9.01. The summed E-state index contributed by atoms with van der Waals surface area (Å²) >= 11 is 0. The first-order valence-electron chi connectivity index (χ1n) is 6.48. The first kappa shape index (κ1) is 10.9. The van der Waals surface area contributed by atoms with Crippen LogP contribution in [0.2, 0.25) is 0 Å². The van der Waals surface area contributed by atoms with Crippen molar-refractivity contribution < 1.29 is 4.74 Å². The quantitative estimate of drug-likeness (QED) is 0.787. The third-order valence-corrected chi connectivity index (χ3v) is 3.81. The molecule has 92 valence electrons. The highest BCUT2D eigenvalue weighted by molar-refractivity contribution is 5.58. The number of nitrogens with one attached hydrogen (secondary N) is 1. The van der Waals surface area contributed by atoms with Gasteiger partial charge in [-0.1, -0.05) is 0 Å². The molecular formula is C14H20N2O. The topological polar surface area (TPSA) is 47.3 Å². The van der Waals surface area contributed by atoms with Crippen LogP contribution < -0.4 is 11.1 Å². The van der Waals surface area contributed by atoms with Gasteiger partial charge < -0.3 is 15.8 Å². The molecular weight excluding hydrogens is 212 g/mol. The second-order valence-corrected chi connectivity index (χ2v) is 5.29. The maximum absolute atomic E-state index is 5.84. The number of nitrogen functional groups attached to an aromatic ring is 1. The maximum atomic E-state index is 5.84. The van der Waals surface area contributed by atoms with Gasteiger partial charge in [-0.05, 0) is 55.9 Å². The lowest BCUT2D eigenvalue weighted by Gasteiger charge is -2.21. The molecule has 2 atom stereocenters. The van der Waals surface area contributed by atoms with Gasteiger partial charge in [-0.25, -0.2) is 0 Å². The summed E-state index contributed by atoms with van der Waals surface area (Å²) in [6.45, 7) is 2.99. The van der Waals surface area contributed by atoms with E-state index in [1.807, 2.05) is 12.1 Å². The van der Waals surface area contributed by atoms with E-state index in [2.05, 4.69) is 18.3 Å². The van der Waals surface area contributed by atoms with E-state index in [1.165, 1.54) is 24.1 Å². The molecule has 3 heteroatoms. The highest BCUT2D eigenvalue weighted by Gasteiger charge is 2.40. The molecule has 1 aliphatic heterocycles. The van der Waals surface area contributed by atoms with Crippen LogP contribution >= 0.6 is 0 Å². The molecule has 0 aromatic heterocycles. The van der Waals surface area contributed by atoms with E-state index < -0.39 is 0 Å². The number of hydrogen-bond acceptors (Lipinski definition) is 3. The maximum Gasteiger partial charge on any atom is 0.0804 e. The van der Waals surface area contributed by atoms with Crippen molar-refractivity contribution in [3.8, 4) is 0 Å². The normalized spacial score (nSPS) is 28.3. The van der Waals surface area contributed by atoms with Crippen molar-refractivity contribution in [2.24, 2.45) is 5.92 Å². The van der Waals surface area contributed by atoms with Gasteiger partial charge in [-0.3, -0.25) is 0 Å². The molecule has 2 fully saturated rings. The van der Waals surface area contributed by atoms with Crippen LogP contribution in [0.25, 0.3) is 0 Å². The van der Waals surface area contributed by atoms with E-state index >= 15 is 0 Å². The summed E-state index contributed by atoms with van der Waals surface area (Å²) in [4.78, 5) is 0. The minimum atomic E-state index is 0.423. The van der Waals surface area contributed by atoms with Crippen molar-refractivity contribution in [1.29, 1.82) is 0 Å². The molecule has 3 N–H and O–H groups in total. The molecule has 3 nitrogen and oxygen atoms in total. The van der Waals surface area contributed by atoms with E-state index in [4.69, 9.17) is 10.5 Å². The van der Waals surface area contributed by atoms with Gasteiger partial charge >= 0.3 is 0 Å². The smallest absolute Gasteiger partial charge is 0.0804 e. The van der Waals surface area contributed by atoms with E-state index in [-0.39, 0.29) is 0 Å². The Labute approximate surface area is 102 Å². The molecule has 1 saturated heterocycles. The zero-order chi connectivity index (χ0) is 11.8. The fraction of sp³-hybridized carbons (Fsp3) is 0.571. The third kappa shape index (κ3) is 2.25. The molecule has 0 bridgehead atoms. The Morgan fingerprint density at radius 2 is 2.12 bits per heavy atom. The van der Waals surface area contributed by atoms with Crippen molar-refractivity contribution in [2.45, 2.75) is 38.3 Å². The standard InChI is InChI=1S/C14H20N2O/c1-9-8-11(15)4-5-12(9)16-13-6-7-17-14(13)10-2-3-10/h4-5,8,10,13-14,16H,2-3,6-7,15H2,1H3. The van der Waals surface area contributed by atoms with E-state index in [1.54, 1.807) is 0 Å². The monoisotopic (exact) mass is 232 g/mol. The van der Waals surface area contributed by atoms with Crippen molar-refractivity contribution in [2.75, 3.05) is 17.7 Å². The lowest BCUT2D eigenvalue weighted by Crippen LogP contribution is -2.31. The summed E-state index contributed by atoms with van der Waals surface area (Å²) in [6.07, 6.45) is 4.21. The van der Waals surface area contributed by atoms with Gasteiger partial charge in [0.1, 0.15) is 0 Å². The minimum Gasteiger partial charge on any atom is -0.399 e. The predicted octanol–water partition coefficient (Wildman–Crippen LogP) is 2.56. The number of hydrogen-bond donors (Lipinski definition) is 2. The number of benzene rings is 1. The zero-order valence-corrected chi connectivity index (χ0v) is 10.3. The van der Waals surface area contributed by atoms with E-state index in [0.29, 0.717) is 12.1 Å². The number of aryl methyl sites for hydroxylation is 1. The Bertz CT molecular complexity index is 415. The Morgan fingerprint density at radius 3 is 2.82 bits per heavy atom. The van der Waals surface area contributed by atoms with Gasteiger partial charge in [-0.15, -0.1) is 0 Å². The van der Waals surface area contributed by atoms with Crippen LogP contribution in [-0.4, -0.2) is 18.8 Å².